The molecular formula is C21H21Cl2N3O3. The number of halogens is 2. The van der Waals surface area contributed by atoms with Gasteiger partial charge in [-0.2, -0.15) is 5.10 Å². The van der Waals surface area contributed by atoms with Crippen molar-refractivity contribution in [2.24, 2.45) is 5.10 Å². The van der Waals surface area contributed by atoms with Crippen LogP contribution in [0.15, 0.2) is 47.6 Å². The zero-order valence-electron chi connectivity index (χ0n) is 16.1. The Bertz CT molecular complexity index is 945. The molecule has 0 fully saturated rings. The van der Waals surface area contributed by atoms with Gasteiger partial charge in [-0.05, 0) is 55.8 Å². The summed E-state index contributed by atoms with van der Waals surface area (Å²) in [5, 5.41) is 9.93. The molecule has 6 nitrogen and oxygen atoms in total. The molecule has 0 aromatic heterocycles. The zero-order valence-corrected chi connectivity index (χ0v) is 17.6. The van der Waals surface area contributed by atoms with Crippen LogP contribution in [0.4, 0.5) is 5.69 Å². The number of ether oxygens (including phenoxy) is 1. The largest absolute Gasteiger partial charge is 0.452 e. The van der Waals surface area contributed by atoms with Gasteiger partial charge in [0.05, 0.1) is 27.3 Å². The van der Waals surface area contributed by atoms with Crippen molar-refractivity contribution in [2.45, 2.75) is 26.3 Å². The first-order valence-corrected chi connectivity index (χ1v) is 9.92. The second kappa shape index (κ2) is 9.29. The van der Waals surface area contributed by atoms with Crippen molar-refractivity contribution < 1.29 is 14.3 Å². The van der Waals surface area contributed by atoms with E-state index in [1.54, 1.807) is 37.3 Å². The maximum Gasteiger partial charge on any atom is 0.338 e. The molecule has 3 rings (SSSR count). The van der Waals surface area contributed by atoms with Crippen LogP contribution < -0.4 is 10.3 Å². The molecule has 1 unspecified atom stereocenters. The number of hydrazone groups is 1. The van der Waals surface area contributed by atoms with Crippen molar-refractivity contribution in [2.75, 3.05) is 18.2 Å². The van der Waals surface area contributed by atoms with Crippen molar-refractivity contribution >= 4 is 46.5 Å². The van der Waals surface area contributed by atoms with Crippen LogP contribution in [0.3, 0.4) is 0 Å². The highest BCUT2D eigenvalue weighted by molar-refractivity contribution is 6.42. The quantitative estimate of drug-likeness (QED) is 0.674. The number of hydrogen-bond donors (Lipinski definition) is 1. The molecule has 1 aliphatic rings. The molecule has 0 saturated heterocycles. The Balaban J connectivity index is 1.50. The Morgan fingerprint density at radius 2 is 1.90 bits per heavy atom. The lowest BCUT2D eigenvalue weighted by atomic mass is 10.1. The summed E-state index contributed by atoms with van der Waals surface area (Å²) in [5.41, 5.74) is 3.16. The van der Waals surface area contributed by atoms with E-state index in [1.165, 1.54) is 0 Å². The third-order valence-electron chi connectivity index (χ3n) is 4.53. The number of nitrogens with one attached hydrogen (secondary N) is 1. The summed E-state index contributed by atoms with van der Waals surface area (Å²) in [5.74, 6) is -0.967. The maximum atomic E-state index is 12.2. The fourth-order valence-corrected chi connectivity index (χ4v) is 3.20. The van der Waals surface area contributed by atoms with Gasteiger partial charge in [-0.15, -0.1) is 0 Å². The summed E-state index contributed by atoms with van der Waals surface area (Å²) in [7, 11) is 0. The average molecular weight is 434 g/mol. The third-order valence-corrected chi connectivity index (χ3v) is 5.27. The molecule has 0 aliphatic carbocycles. The summed E-state index contributed by atoms with van der Waals surface area (Å²) in [6.45, 7) is 4.24. The SMILES string of the molecule is CC1=NN(c2ccc(C(=O)OCC(=O)NC(C)c3ccc(Cl)c(Cl)c3)cc2)CC1. The van der Waals surface area contributed by atoms with E-state index >= 15 is 0 Å². The van der Waals surface area contributed by atoms with Crippen LogP contribution >= 0.6 is 23.2 Å². The summed E-state index contributed by atoms with van der Waals surface area (Å²) in [6, 6.07) is 11.8. The number of carbonyl (C=O) groups excluding carboxylic acids is 2. The van der Waals surface area contributed by atoms with Crippen molar-refractivity contribution in [3.8, 4) is 0 Å². The van der Waals surface area contributed by atoms with Crippen LogP contribution in [-0.2, 0) is 9.53 Å². The number of benzene rings is 2. The Morgan fingerprint density at radius 3 is 2.52 bits per heavy atom. The van der Waals surface area contributed by atoms with Gasteiger partial charge in [0.1, 0.15) is 0 Å². The first-order valence-electron chi connectivity index (χ1n) is 9.16. The Hall–Kier alpha value is -2.57. The highest BCUT2D eigenvalue weighted by atomic mass is 35.5. The Labute approximate surface area is 179 Å². The maximum absolute atomic E-state index is 12.2. The number of esters is 1. The minimum atomic E-state index is -0.560. The van der Waals surface area contributed by atoms with E-state index in [0.29, 0.717) is 15.6 Å². The normalized spacial score (nSPS) is 14.3. The van der Waals surface area contributed by atoms with Gasteiger partial charge < -0.3 is 10.1 Å². The molecule has 0 spiro atoms. The summed E-state index contributed by atoms with van der Waals surface area (Å²) in [4.78, 5) is 24.3. The van der Waals surface area contributed by atoms with E-state index in [2.05, 4.69) is 10.4 Å². The van der Waals surface area contributed by atoms with Gasteiger partial charge in [-0.25, -0.2) is 4.79 Å². The van der Waals surface area contributed by atoms with Crippen LogP contribution in [0.2, 0.25) is 10.0 Å². The number of nitrogens with zero attached hydrogens (tertiary/aromatic N) is 2. The lowest BCUT2D eigenvalue weighted by Gasteiger charge is -2.15. The van der Waals surface area contributed by atoms with E-state index in [-0.39, 0.29) is 12.6 Å². The van der Waals surface area contributed by atoms with E-state index in [1.807, 2.05) is 24.1 Å². The smallest absolute Gasteiger partial charge is 0.338 e. The van der Waals surface area contributed by atoms with Crippen LogP contribution in [0.5, 0.6) is 0 Å². The lowest BCUT2D eigenvalue weighted by molar-refractivity contribution is -0.124. The number of amides is 1. The van der Waals surface area contributed by atoms with Crippen molar-refractivity contribution in [3.63, 3.8) is 0 Å². The van der Waals surface area contributed by atoms with Gasteiger partial charge in [0.25, 0.3) is 5.91 Å². The lowest BCUT2D eigenvalue weighted by Crippen LogP contribution is -2.31. The highest BCUT2D eigenvalue weighted by Crippen LogP contribution is 2.25. The minimum Gasteiger partial charge on any atom is -0.452 e. The number of anilines is 1. The van der Waals surface area contributed by atoms with Gasteiger partial charge in [0, 0.05) is 18.7 Å². The minimum absolute atomic E-state index is 0.306. The van der Waals surface area contributed by atoms with Crippen LogP contribution in [0, 0.1) is 0 Å². The summed E-state index contributed by atoms with van der Waals surface area (Å²) < 4.78 is 5.11. The molecule has 1 heterocycles. The van der Waals surface area contributed by atoms with Crippen molar-refractivity contribution in [3.05, 3.63) is 63.6 Å². The standard InChI is InChI=1S/C21H21Cl2N3O3/c1-13-9-10-26(25-13)17-6-3-15(4-7-17)21(28)29-12-20(27)24-14(2)16-5-8-18(22)19(23)11-16/h3-8,11,14H,9-10,12H2,1-2H3,(H,24,27). The van der Waals surface area contributed by atoms with Crippen molar-refractivity contribution in [1.29, 1.82) is 0 Å². The van der Waals surface area contributed by atoms with Gasteiger partial charge in [-0.1, -0.05) is 29.3 Å². The highest BCUT2D eigenvalue weighted by Gasteiger charge is 2.16. The number of rotatable bonds is 6. The van der Waals surface area contributed by atoms with E-state index < -0.39 is 11.9 Å². The van der Waals surface area contributed by atoms with Gasteiger partial charge in [0.15, 0.2) is 6.61 Å². The van der Waals surface area contributed by atoms with Gasteiger partial charge in [0.2, 0.25) is 0 Å². The molecule has 1 atom stereocenters. The molecule has 1 aliphatic heterocycles. The molecule has 29 heavy (non-hydrogen) atoms. The Kier molecular flexibility index (Phi) is 6.77. The van der Waals surface area contributed by atoms with Gasteiger partial charge >= 0.3 is 5.97 Å². The zero-order chi connectivity index (χ0) is 21.0. The predicted molar refractivity (Wildman–Crippen MR) is 115 cm³/mol. The molecule has 1 N–H and O–H groups in total. The van der Waals surface area contributed by atoms with Crippen LogP contribution in [0.1, 0.15) is 42.2 Å². The van der Waals surface area contributed by atoms with E-state index in [0.717, 1.165) is 29.9 Å². The van der Waals surface area contributed by atoms with E-state index in [9.17, 15) is 9.59 Å². The van der Waals surface area contributed by atoms with E-state index in [4.69, 9.17) is 27.9 Å². The first-order chi connectivity index (χ1) is 13.8. The number of hydrogen-bond acceptors (Lipinski definition) is 5. The van der Waals surface area contributed by atoms with Gasteiger partial charge in [-0.3, -0.25) is 9.80 Å². The molecule has 0 saturated carbocycles. The molecule has 2 aromatic carbocycles. The first kappa shape index (κ1) is 21.1. The fourth-order valence-electron chi connectivity index (χ4n) is 2.89. The molecule has 0 radical (unpaired) electrons. The topological polar surface area (TPSA) is 71.0 Å². The second-order valence-electron chi connectivity index (χ2n) is 6.79. The predicted octanol–water partition coefficient (Wildman–Crippen LogP) is 4.61. The molecular weight excluding hydrogens is 413 g/mol. The molecule has 8 heteroatoms. The monoisotopic (exact) mass is 433 g/mol. The van der Waals surface area contributed by atoms with Crippen molar-refractivity contribution in [1.82, 2.24) is 5.32 Å². The molecule has 1 amide bonds. The average Bonchev–Trinajstić information content (AvgIpc) is 3.14. The molecule has 2 aromatic rings. The molecule has 152 valence electrons. The second-order valence-corrected chi connectivity index (χ2v) is 7.61. The molecule has 0 bridgehead atoms. The summed E-state index contributed by atoms with van der Waals surface area (Å²) in [6.07, 6.45) is 0.930. The third kappa shape index (κ3) is 5.49. The Morgan fingerprint density at radius 1 is 1.17 bits per heavy atom. The fraction of sp³-hybridized carbons (Fsp3) is 0.286. The van der Waals surface area contributed by atoms with Crippen LogP contribution in [-0.4, -0.2) is 30.7 Å². The van der Waals surface area contributed by atoms with Crippen LogP contribution in [0.25, 0.3) is 0 Å². The number of carbonyl (C=O) groups is 2. The summed E-state index contributed by atoms with van der Waals surface area (Å²) >= 11 is 11.9.